The molecule has 2 aromatic carbocycles. The second-order valence-corrected chi connectivity index (χ2v) is 5.42. The largest absolute Gasteiger partial charge is 0.352 e. The fraction of sp³-hybridized carbons (Fsp3) is 0.316. The normalized spacial score (nSPS) is 10.3. The molecule has 0 aromatic heterocycles. The monoisotopic (exact) mass is 311 g/mol. The second kappa shape index (κ2) is 8.96. The molecule has 4 heteroatoms. The summed E-state index contributed by atoms with van der Waals surface area (Å²) in [6.07, 6.45) is 1.22. The number of carbonyl (C=O) groups excluding carboxylic acids is 1. The summed E-state index contributed by atoms with van der Waals surface area (Å²) in [6, 6.07) is 18.6. The zero-order chi connectivity index (χ0) is 16.5. The van der Waals surface area contributed by atoms with Crippen molar-refractivity contribution in [3.63, 3.8) is 0 Å². The lowest BCUT2D eigenvalue weighted by atomic mass is 10.1. The number of nitrogens with zero attached hydrogens (tertiary/aromatic N) is 1. The zero-order valence-corrected chi connectivity index (χ0v) is 13.7. The van der Waals surface area contributed by atoms with Crippen LogP contribution in [0.15, 0.2) is 54.6 Å². The maximum absolute atomic E-state index is 11.6. The van der Waals surface area contributed by atoms with E-state index in [0.717, 1.165) is 24.2 Å². The average molecular weight is 311 g/mol. The highest BCUT2D eigenvalue weighted by Gasteiger charge is 2.07. The fourth-order valence-electron chi connectivity index (χ4n) is 2.47. The molecule has 2 aromatic rings. The minimum Gasteiger partial charge on any atom is -0.352 e. The molecule has 0 heterocycles. The number of hydrogen-bond donors (Lipinski definition) is 2. The van der Waals surface area contributed by atoms with E-state index in [2.05, 4.69) is 53.5 Å². The molecular weight excluding hydrogens is 286 g/mol. The second-order valence-electron chi connectivity index (χ2n) is 5.42. The van der Waals surface area contributed by atoms with Crippen molar-refractivity contribution in [2.75, 3.05) is 18.0 Å². The van der Waals surface area contributed by atoms with Gasteiger partial charge < -0.3 is 16.0 Å². The first-order valence-electron chi connectivity index (χ1n) is 8.13. The first kappa shape index (κ1) is 17.0. The van der Waals surface area contributed by atoms with Crippen LogP contribution in [-0.2, 0) is 11.3 Å². The number of nitrogens with one attached hydrogen (secondary N) is 1. The van der Waals surface area contributed by atoms with Crippen molar-refractivity contribution in [1.29, 1.82) is 0 Å². The number of amides is 1. The molecule has 2 rings (SSSR count). The standard InChI is InChI=1S/C19H25N3O/c1-2-22(17-7-4-3-5-8-17)18-12-10-16(11-13-18)15-21-19(23)9-6-14-20/h3-5,7-8,10-13H,2,6,9,14-15,20H2,1H3,(H,21,23). The van der Waals surface area contributed by atoms with Crippen molar-refractivity contribution in [3.05, 3.63) is 60.2 Å². The van der Waals surface area contributed by atoms with Gasteiger partial charge in [-0.25, -0.2) is 0 Å². The molecule has 3 N–H and O–H groups in total. The Balaban J connectivity index is 1.97. The third-order valence-corrected chi connectivity index (χ3v) is 3.73. The lowest BCUT2D eigenvalue weighted by Crippen LogP contribution is -2.23. The lowest BCUT2D eigenvalue weighted by molar-refractivity contribution is -0.121. The van der Waals surface area contributed by atoms with Gasteiger partial charge in [-0.15, -0.1) is 0 Å². The minimum absolute atomic E-state index is 0.0546. The Labute approximate surface area is 138 Å². The molecule has 23 heavy (non-hydrogen) atoms. The van der Waals surface area contributed by atoms with Gasteiger partial charge in [-0.2, -0.15) is 0 Å². The van der Waals surface area contributed by atoms with Gasteiger partial charge in [0.25, 0.3) is 0 Å². The molecule has 122 valence electrons. The van der Waals surface area contributed by atoms with Crippen molar-refractivity contribution in [3.8, 4) is 0 Å². The maximum Gasteiger partial charge on any atom is 0.220 e. The summed E-state index contributed by atoms with van der Waals surface area (Å²) >= 11 is 0. The van der Waals surface area contributed by atoms with Crippen molar-refractivity contribution in [2.24, 2.45) is 5.73 Å². The van der Waals surface area contributed by atoms with Gasteiger partial charge in [-0.3, -0.25) is 4.79 Å². The first-order chi connectivity index (χ1) is 11.2. The van der Waals surface area contributed by atoms with E-state index in [1.807, 2.05) is 18.2 Å². The van der Waals surface area contributed by atoms with Crippen molar-refractivity contribution in [1.82, 2.24) is 5.32 Å². The summed E-state index contributed by atoms with van der Waals surface area (Å²) in [6.45, 7) is 4.15. The van der Waals surface area contributed by atoms with Crippen LogP contribution in [0.25, 0.3) is 0 Å². The molecule has 0 saturated heterocycles. The van der Waals surface area contributed by atoms with E-state index in [1.54, 1.807) is 0 Å². The maximum atomic E-state index is 11.6. The summed E-state index contributed by atoms with van der Waals surface area (Å²) in [5.74, 6) is 0.0546. The predicted octanol–water partition coefficient (Wildman–Crippen LogP) is 3.20. The third-order valence-electron chi connectivity index (χ3n) is 3.73. The van der Waals surface area contributed by atoms with E-state index < -0.39 is 0 Å². The fourth-order valence-corrected chi connectivity index (χ4v) is 2.47. The summed E-state index contributed by atoms with van der Waals surface area (Å²) in [4.78, 5) is 13.9. The van der Waals surface area contributed by atoms with Crippen LogP contribution in [0.3, 0.4) is 0 Å². The van der Waals surface area contributed by atoms with Crippen molar-refractivity contribution >= 4 is 17.3 Å². The van der Waals surface area contributed by atoms with Gasteiger partial charge in [0, 0.05) is 30.9 Å². The Bertz CT molecular complexity index is 596. The molecule has 0 aliphatic heterocycles. The number of rotatable bonds is 8. The van der Waals surface area contributed by atoms with Crippen LogP contribution < -0.4 is 16.0 Å². The van der Waals surface area contributed by atoms with Crippen LogP contribution in [-0.4, -0.2) is 19.0 Å². The Morgan fingerprint density at radius 1 is 1.04 bits per heavy atom. The third kappa shape index (κ3) is 5.11. The van der Waals surface area contributed by atoms with Crippen LogP contribution in [0.4, 0.5) is 11.4 Å². The number of anilines is 2. The summed E-state index contributed by atoms with van der Waals surface area (Å²) in [5, 5.41) is 2.92. The first-order valence-corrected chi connectivity index (χ1v) is 8.13. The molecule has 0 fully saturated rings. The van der Waals surface area contributed by atoms with Gasteiger partial charge in [-0.05, 0) is 49.7 Å². The average Bonchev–Trinajstić information content (AvgIpc) is 2.61. The Morgan fingerprint density at radius 2 is 1.70 bits per heavy atom. The summed E-state index contributed by atoms with van der Waals surface area (Å²) in [7, 11) is 0. The van der Waals surface area contributed by atoms with E-state index in [9.17, 15) is 4.79 Å². The van der Waals surface area contributed by atoms with Crippen LogP contribution >= 0.6 is 0 Å². The van der Waals surface area contributed by atoms with Crippen LogP contribution in [0, 0.1) is 0 Å². The summed E-state index contributed by atoms with van der Waals surface area (Å²) < 4.78 is 0. The molecule has 0 spiro atoms. The molecule has 1 amide bonds. The van der Waals surface area contributed by atoms with Crippen LogP contribution in [0.5, 0.6) is 0 Å². The molecule has 0 saturated carbocycles. The molecular formula is C19H25N3O. The quantitative estimate of drug-likeness (QED) is 0.787. The van der Waals surface area contributed by atoms with Crippen molar-refractivity contribution < 1.29 is 4.79 Å². The molecule has 0 bridgehead atoms. The van der Waals surface area contributed by atoms with Gasteiger partial charge in [0.05, 0.1) is 0 Å². The lowest BCUT2D eigenvalue weighted by Gasteiger charge is -2.23. The zero-order valence-electron chi connectivity index (χ0n) is 13.7. The minimum atomic E-state index is 0.0546. The summed E-state index contributed by atoms with van der Waals surface area (Å²) in [5.41, 5.74) is 8.83. The van der Waals surface area contributed by atoms with Gasteiger partial charge in [0.1, 0.15) is 0 Å². The highest BCUT2D eigenvalue weighted by atomic mass is 16.1. The van der Waals surface area contributed by atoms with Crippen LogP contribution in [0.2, 0.25) is 0 Å². The van der Waals surface area contributed by atoms with E-state index in [4.69, 9.17) is 5.73 Å². The van der Waals surface area contributed by atoms with Gasteiger partial charge >= 0.3 is 0 Å². The predicted molar refractivity (Wildman–Crippen MR) is 95.7 cm³/mol. The van der Waals surface area contributed by atoms with Gasteiger partial charge in [-0.1, -0.05) is 30.3 Å². The highest BCUT2D eigenvalue weighted by molar-refractivity contribution is 5.75. The topological polar surface area (TPSA) is 58.4 Å². The van der Waals surface area contributed by atoms with E-state index in [-0.39, 0.29) is 5.91 Å². The molecule has 0 radical (unpaired) electrons. The molecule has 0 unspecified atom stereocenters. The number of hydrogen-bond acceptors (Lipinski definition) is 3. The van der Waals surface area contributed by atoms with Gasteiger partial charge in [0.15, 0.2) is 0 Å². The molecule has 0 atom stereocenters. The smallest absolute Gasteiger partial charge is 0.220 e. The Hall–Kier alpha value is -2.33. The molecule has 0 aliphatic carbocycles. The number of para-hydroxylation sites is 1. The van der Waals surface area contributed by atoms with Crippen molar-refractivity contribution in [2.45, 2.75) is 26.3 Å². The van der Waals surface area contributed by atoms with Gasteiger partial charge in [0.2, 0.25) is 5.91 Å². The number of carbonyl (C=O) groups is 1. The van der Waals surface area contributed by atoms with E-state index in [0.29, 0.717) is 19.5 Å². The van der Waals surface area contributed by atoms with Crippen LogP contribution in [0.1, 0.15) is 25.3 Å². The Morgan fingerprint density at radius 3 is 2.30 bits per heavy atom. The molecule has 4 nitrogen and oxygen atoms in total. The Kier molecular flexibility index (Phi) is 6.63. The van der Waals surface area contributed by atoms with E-state index in [1.165, 1.54) is 5.69 Å². The van der Waals surface area contributed by atoms with E-state index >= 15 is 0 Å². The number of benzene rings is 2. The highest BCUT2D eigenvalue weighted by Crippen LogP contribution is 2.24. The SMILES string of the molecule is CCN(c1ccccc1)c1ccc(CNC(=O)CCCN)cc1. The number of nitrogens with two attached hydrogens (primary N) is 1. The molecule has 0 aliphatic rings.